The van der Waals surface area contributed by atoms with Crippen LogP contribution in [0.1, 0.15) is 6.92 Å². The third-order valence-electron chi connectivity index (χ3n) is 2.56. The zero-order chi connectivity index (χ0) is 11.9. The molecule has 0 aromatic carbocycles. The number of rotatable bonds is 2. The second kappa shape index (κ2) is 3.89. The van der Waals surface area contributed by atoms with Crippen molar-refractivity contribution < 1.29 is 0 Å². The molecule has 2 rings (SSSR count). The Hall–Kier alpha value is -1.37. The molecule has 0 saturated carbocycles. The monoisotopic (exact) mass is 286 g/mol. The largest absolute Gasteiger partial charge is 0.333 e. The van der Waals surface area contributed by atoms with Crippen LogP contribution in [0.4, 0.5) is 0 Å². The van der Waals surface area contributed by atoms with Gasteiger partial charge in [0.15, 0.2) is 11.2 Å². The normalized spacial score (nSPS) is 11.2. The van der Waals surface area contributed by atoms with Gasteiger partial charge in [0.2, 0.25) is 0 Å². The van der Waals surface area contributed by atoms with Crippen molar-refractivity contribution in [3.8, 4) is 0 Å². The summed E-state index contributed by atoms with van der Waals surface area (Å²) in [5, 5.41) is 0. The van der Waals surface area contributed by atoms with Gasteiger partial charge in [-0.2, -0.15) is 0 Å². The molecule has 0 radical (unpaired) electrons. The van der Waals surface area contributed by atoms with Gasteiger partial charge in [0, 0.05) is 13.6 Å². The summed E-state index contributed by atoms with van der Waals surface area (Å²) in [7, 11) is 1.61. The van der Waals surface area contributed by atoms with Crippen molar-refractivity contribution >= 4 is 27.1 Å². The van der Waals surface area contributed by atoms with E-state index in [1.54, 1.807) is 17.9 Å². The number of halogens is 1. The van der Waals surface area contributed by atoms with E-state index in [1.165, 1.54) is 4.57 Å². The fourth-order valence-electron chi connectivity index (χ4n) is 1.67. The third kappa shape index (κ3) is 1.35. The molecule has 0 fully saturated rings. The summed E-state index contributed by atoms with van der Waals surface area (Å²) in [6.07, 6.45) is 1.57. The summed E-state index contributed by atoms with van der Waals surface area (Å²) in [6, 6.07) is 0. The van der Waals surface area contributed by atoms with Crippen LogP contribution in [0.3, 0.4) is 0 Å². The fourth-order valence-corrected chi connectivity index (χ4v) is 2.11. The third-order valence-corrected chi connectivity index (χ3v) is 3.06. The molecule has 0 saturated heterocycles. The van der Waals surface area contributed by atoms with Crippen molar-refractivity contribution in [2.75, 3.05) is 0 Å². The van der Waals surface area contributed by atoms with E-state index in [4.69, 9.17) is 0 Å². The summed E-state index contributed by atoms with van der Waals surface area (Å²) in [4.78, 5) is 27.9. The smallest absolute Gasteiger partial charge is 0.325 e. The van der Waals surface area contributed by atoms with Gasteiger partial charge in [-0.05, 0) is 6.92 Å². The number of fused-ring (bicyclic) bond motifs is 1. The zero-order valence-corrected chi connectivity index (χ0v) is 10.6. The first-order valence-electron chi connectivity index (χ1n) is 4.82. The summed E-state index contributed by atoms with van der Waals surface area (Å²) in [5.41, 5.74) is 0.395. The Morgan fingerprint density at radius 2 is 2.12 bits per heavy atom. The number of aryl methyl sites for hydroxylation is 2. The van der Waals surface area contributed by atoms with E-state index in [1.807, 2.05) is 6.92 Å². The molecule has 0 bridgehead atoms. The molecule has 6 nitrogen and oxygen atoms in total. The highest BCUT2D eigenvalue weighted by Gasteiger charge is 2.14. The van der Waals surface area contributed by atoms with Crippen LogP contribution in [0.5, 0.6) is 0 Å². The quantitative estimate of drug-likeness (QED) is 0.745. The first-order chi connectivity index (χ1) is 7.61. The van der Waals surface area contributed by atoms with Gasteiger partial charge < -0.3 is 4.57 Å². The number of hydrogen-bond donors (Lipinski definition) is 0. The maximum Gasteiger partial charge on any atom is 0.333 e. The van der Waals surface area contributed by atoms with Crippen LogP contribution < -0.4 is 11.2 Å². The lowest BCUT2D eigenvalue weighted by atomic mass is 10.5. The van der Waals surface area contributed by atoms with Gasteiger partial charge in [0.05, 0.1) is 11.8 Å². The van der Waals surface area contributed by atoms with E-state index in [9.17, 15) is 9.59 Å². The second-order valence-electron chi connectivity index (χ2n) is 3.40. The molecule has 0 unspecified atom stereocenters. The van der Waals surface area contributed by atoms with Gasteiger partial charge in [-0.1, -0.05) is 15.9 Å². The molecular formula is C9H11BrN4O2. The minimum absolute atomic E-state index is 0.184. The minimum Gasteiger partial charge on any atom is -0.325 e. The van der Waals surface area contributed by atoms with E-state index < -0.39 is 0 Å². The van der Waals surface area contributed by atoms with Crippen LogP contribution in [0.25, 0.3) is 11.2 Å². The molecular weight excluding hydrogens is 276 g/mol. The maximum atomic E-state index is 12.0. The first kappa shape index (κ1) is 11.1. The number of imidazole rings is 1. The summed E-state index contributed by atoms with van der Waals surface area (Å²) >= 11 is 3.13. The van der Waals surface area contributed by atoms with E-state index in [-0.39, 0.29) is 16.7 Å². The molecule has 2 heterocycles. The highest BCUT2D eigenvalue weighted by Crippen LogP contribution is 2.05. The zero-order valence-electron chi connectivity index (χ0n) is 8.97. The average Bonchev–Trinajstić information content (AvgIpc) is 2.70. The van der Waals surface area contributed by atoms with Gasteiger partial charge in [-0.15, -0.1) is 0 Å². The molecule has 0 amide bonds. The predicted molar refractivity (Wildman–Crippen MR) is 63.8 cm³/mol. The Labute approximate surface area is 99.3 Å². The molecule has 7 heteroatoms. The van der Waals surface area contributed by atoms with E-state index in [0.29, 0.717) is 17.7 Å². The molecule has 16 heavy (non-hydrogen) atoms. The average molecular weight is 287 g/mol. The molecule has 0 aliphatic rings. The first-order valence-corrected chi connectivity index (χ1v) is 5.94. The molecule has 0 aliphatic carbocycles. The van der Waals surface area contributed by atoms with Gasteiger partial charge in [0.1, 0.15) is 0 Å². The molecule has 0 atom stereocenters. The predicted octanol–water partition coefficient (Wildman–Crippen LogP) is 0.269. The van der Waals surface area contributed by atoms with Crippen molar-refractivity contribution in [2.45, 2.75) is 18.9 Å². The Kier molecular flexibility index (Phi) is 2.71. The van der Waals surface area contributed by atoms with Crippen molar-refractivity contribution in [1.82, 2.24) is 18.7 Å². The van der Waals surface area contributed by atoms with Crippen molar-refractivity contribution in [1.29, 1.82) is 0 Å². The maximum absolute atomic E-state index is 12.0. The minimum atomic E-state index is -0.365. The van der Waals surface area contributed by atoms with E-state index in [2.05, 4.69) is 20.9 Å². The van der Waals surface area contributed by atoms with Gasteiger partial charge in [-0.3, -0.25) is 9.36 Å². The van der Waals surface area contributed by atoms with Gasteiger partial charge in [0.25, 0.3) is 5.56 Å². The number of nitrogens with zero attached hydrogens (tertiary/aromatic N) is 4. The second-order valence-corrected chi connectivity index (χ2v) is 3.90. The Balaban J connectivity index is 3.06. The Morgan fingerprint density at radius 1 is 1.44 bits per heavy atom. The van der Waals surface area contributed by atoms with Crippen molar-refractivity contribution in [2.24, 2.45) is 7.05 Å². The van der Waals surface area contributed by atoms with Crippen LogP contribution in [0, 0.1) is 0 Å². The van der Waals surface area contributed by atoms with Gasteiger partial charge in [-0.25, -0.2) is 14.3 Å². The summed E-state index contributed by atoms with van der Waals surface area (Å²) < 4.78 is 4.25. The fraction of sp³-hybridized carbons (Fsp3) is 0.444. The molecule has 0 aliphatic heterocycles. The lowest BCUT2D eigenvalue weighted by Gasteiger charge is -2.05. The van der Waals surface area contributed by atoms with Crippen LogP contribution in [-0.4, -0.2) is 18.7 Å². The van der Waals surface area contributed by atoms with Crippen molar-refractivity contribution in [3.05, 3.63) is 27.2 Å². The topological polar surface area (TPSA) is 61.8 Å². The standard InChI is InChI=1S/C9H11BrN4O2/c1-3-13-5-11-7-6(13)8(15)14(4-10)9(16)12(7)2/h5H,3-4H2,1-2H3. The molecule has 0 N–H and O–H groups in total. The summed E-state index contributed by atoms with van der Waals surface area (Å²) in [6.45, 7) is 2.57. The molecule has 2 aromatic rings. The van der Waals surface area contributed by atoms with E-state index in [0.717, 1.165) is 4.57 Å². The van der Waals surface area contributed by atoms with Crippen LogP contribution in [0.2, 0.25) is 0 Å². The highest BCUT2D eigenvalue weighted by atomic mass is 79.9. The SMILES string of the molecule is CCn1cnc2c1c(=O)n(CBr)c(=O)n2C. The van der Waals surface area contributed by atoms with Crippen LogP contribution in [-0.2, 0) is 19.0 Å². The number of alkyl halides is 1. The number of aromatic nitrogens is 4. The lowest BCUT2D eigenvalue weighted by molar-refractivity contribution is 0.695. The van der Waals surface area contributed by atoms with Crippen LogP contribution >= 0.6 is 15.9 Å². The molecule has 0 spiro atoms. The van der Waals surface area contributed by atoms with Gasteiger partial charge >= 0.3 is 5.69 Å². The Bertz CT molecular complexity index is 652. The summed E-state index contributed by atoms with van der Waals surface area (Å²) in [5.74, 6) is 0. The highest BCUT2D eigenvalue weighted by molar-refractivity contribution is 9.08. The lowest BCUT2D eigenvalue weighted by Crippen LogP contribution is -2.38. The molecule has 86 valence electrons. The molecule has 2 aromatic heterocycles. The Morgan fingerprint density at radius 3 is 2.69 bits per heavy atom. The van der Waals surface area contributed by atoms with E-state index >= 15 is 0 Å². The number of hydrogen-bond acceptors (Lipinski definition) is 3. The van der Waals surface area contributed by atoms with Crippen LogP contribution in [0.15, 0.2) is 15.9 Å². The van der Waals surface area contributed by atoms with Crippen molar-refractivity contribution in [3.63, 3.8) is 0 Å².